The second-order valence-electron chi connectivity index (χ2n) is 7.04. The number of sulfonamides is 1. The van der Waals surface area contributed by atoms with Crippen LogP contribution < -0.4 is 14.8 Å². The predicted molar refractivity (Wildman–Crippen MR) is 111 cm³/mol. The number of methoxy groups -OCH3 is 1. The number of ether oxygens (including phenoxy) is 2. The largest absolute Gasteiger partial charge is 0.480 e. The van der Waals surface area contributed by atoms with E-state index >= 15 is 0 Å². The van der Waals surface area contributed by atoms with Crippen molar-refractivity contribution in [2.75, 3.05) is 25.5 Å². The Labute approximate surface area is 176 Å². The Bertz CT molecular complexity index is 995. The van der Waals surface area contributed by atoms with Gasteiger partial charge in [0.2, 0.25) is 27.7 Å². The number of aryl methyl sites for hydroxylation is 1. The van der Waals surface area contributed by atoms with Gasteiger partial charge in [-0.05, 0) is 43.5 Å². The van der Waals surface area contributed by atoms with Crippen molar-refractivity contribution >= 4 is 21.6 Å². The molecule has 1 aliphatic heterocycles. The highest BCUT2D eigenvalue weighted by molar-refractivity contribution is 7.89. The number of rotatable bonds is 7. The maximum absolute atomic E-state index is 13.2. The van der Waals surface area contributed by atoms with E-state index < -0.39 is 10.0 Å². The number of carbonyl (C=O) groups excluding carboxylic acids is 1. The molecule has 1 N–H and O–H groups in total. The van der Waals surface area contributed by atoms with E-state index in [0.717, 1.165) is 6.42 Å². The second kappa shape index (κ2) is 9.40. The number of nitrogens with zero attached hydrogens (tertiary/aromatic N) is 3. The molecular weight excluding hydrogens is 408 g/mol. The quantitative estimate of drug-likeness (QED) is 0.712. The van der Waals surface area contributed by atoms with Gasteiger partial charge in [0.1, 0.15) is 6.10 Å². The van der Waals surface area contributed by atoms with E-state index in [2.05, 4.69) is 15.5 Å². The number of amides is 1. The van der Waals surface area contributed by atoms with Crippen LogP contribution in [0.3, 0.4) is 0 Å². The highest BCUT2D eigenvalue weighted by Gasteiger charge is 2.32. The SMILES string of the molecule is CCC(=O)Nc1ccc(S(=O)(=O)N2CCCC(Oc3ccc(OC)nn3)C2)c(C)c1. The normalized spacial score (nSPS) is 17.4. The number of carbonyl (C=O) groups is 1. The van der Waals surface area contributed by atoms with Crippen molar-refractivity contribution < 1.29 is 22.7 Å². The van der Waals surface area contributed by atoms with E-state index in [1.54, 1.807) is 38.1 Å². The van der Waals surface area contributed by atoms with E-state index in [0.29, 0.717) is 42.4 Å². The summed E-state index contributed by atoms with van der Waals surface area (Å²) in [5.74, 6) is 0.583. The first-order valence-corrected chi connectivity index (χ1v) is 11.2. The van der Waals surface area contributed by atoms with Gasteiger partial charge in [-0.2, -0.15) is 4.31 Å². The summed E-state index contributed by atoms with van der Waals surface area (Å²) in [6.45, 7) is 4.13. The first-order valence-electron chi connectivity index (χ1n) is 9.78. The molecule has 1 aromatic carbocycles. The molecule has 1 saturated heterocycles. The Morgan fingerprint density at radius 1 is 1.23 bits per heavy atom. The number of benzene rings is 1. The molecule has 0 bridgehead atoms. The van der Waals surface area contributed by atoms with Gasteiger partial charge in [-0.3, -0.25) is 4.79 Å². The Kier molecular flexibility index (Phi) is 6.88. The lowest BCUT2D eigenvalue weighted by molar-refractivity contribution is -0.115. The fraction of sp³-hybridized carbons (Fsp3) is 0.450. The standard InChI is InChI=1S/C20H26N4O5S/c1-4-18(25)21-15-7-8-17(14(2)12-15)30(26,27)24-11-5-6-16(13-24)29-20-10-9-19(28-3)22-23-20/h7-10,12,16H,4-6,11,13H2,1-3H3,(H,21,25). The van der Waals surface area contributed by atoms with E-state index in [1.807, 2.05) is 0 Å². The molecule has 0 aliphatic carbocycles. The van der Waals surface area contributed by atoms with Crippen LogP contribution >= 0.6 is 0 Å². The van der Waals surface area contributed by atoms with Crippen LogP contribution in [0.5, 0.6) is 11.8 Å². The van der Waals surface area contributed by atoms with Gasteiger partial charge in [0.15, 0.2) is 0 Å². The summed E-state index contributed by atoms with van der Waals surface area (Å²) in [5.41, 5.74) is 1.16. The van der Waals surface area contributed by atoms with Crippen molar-refractivity contribution in [2.45, 2.75) is 44.1 Å². The summed E-state index contributed by atoms with van der Waals surface area (Å²) in [4.78, 5) is 11.8. The molecule has 0 radical (unpaired) electrons. The molecule has 3 rings (SSSR count). The Balaban J connectivity index is 1.72. The number of anilines is 1. The van der Waals surface area contributed by atoms with Gasteiger partial charge < -0.3 is 14.8 Å². The van der Waals surface area contributed by atoms with Crippen molar-refractivity contribution in [1.29, 1.82) is 0 Å². The molecule has 30 heavy (non-hydrogen) atoms. The van der Waals surface area contributed by atoms with Gasteiger partial charge in [-0.25, -0.2) is 8.42 Å². The van der Waals surface area contributed by atoms with Gasteiger partial charge in [0.25, 0.3) is 0 Å². The zero-order valence-corrected chi connectivity index (χ0v) is 18.1. The average Bonchev–Trinajstić information content (AvgIpc) is 2.74. The Morgan fingerprint density at radius 3 is 2.60 bits per heavy atom. The van der Waals surface area contributed by atoms with Crippen LogP contribution in [-0.2, 0) is 14.8 Å². The van der Waals surface area contributed by atoms with Crippen LogP contribution in [0.15, 0.2) is 35.2 Å². The molecule has 1 fully saturated rings. The first-order chi connectivity index (χ1) is 14.3. The Hall–Kier alpha value is -2.72. The van der Waals surface area contributed by atoms with Crippen LogP contribution in [0.4, 0.5) is 5.69 Å². The third-order valence-electron chi connectivity index (χ3n) is 4.85. The average molecular weight is 435 g/mol. The summed E-state index contributed by atoms with van der Waals surface area (Å²) in [6, 6.07) is 8.10. The maximum Gasteiger partial charge on any atom is 0.243 e. The monoisotopic (exact) mass is 434 g/mol. The van der Waals surface area contributed by atoms with E-state index in [1.165, 1.54) is 17.5 Å². The number of hydrogen-bond acceptors (Lipinski definition) is 7. The van der Waals surface area contributed by atoms with Gasteiger partial charge in [0.05, 0.1) is 18.6 Å². The van der Waals surface area contributed by atoms with E-state index in [-0.39, 0.29) is 23.5 Å². The molecule has 9 nitrogen and oxygen atoms in total. The van der Waals surface area contributed by atoms with Crippen molar-refractivity contribution in [1.82, 2.24) is 14.5 Å². The Morgan fingerprint density at radius 2 is 1.97 bits per heavy atom. The van der Waals surface area contributed by atoms with Crippen LogP contribution in [-0.4, -0.2) is 55.1 Å². The molecule has 162 valence electrons. The first kappa shape index (κ1) is 22.0. The number of aromatic nitrogens is 2. The molecule has 1 amide bonds. The maximum atomic E-state index is 13.2. The minimum Gasteiger partial charge on any atom is -0.480 e. The zero-order chi connectivity index (χ0) is 21.7. The number of piperidine rings is 1. The summed E-state index contributed by atoms with van der Waals surface area (Å²) in [7, 11) is -2.19. The lowest BCUT2D eigenvalue weighted by Crippen LogP contribution is -2.44. The number of nitrogens with one attached hydrogen (secondary N) is 1. The van der Waals surface area contributed by atoms with Crippen LogP contribution in [0, 0.1) is 6.92 Å². The molecule has 1 aliphatic rings. The minimum absolute atomic E-state index is 0.123. The molecule has 1 atom stereocenters. The third kappa shape index (κ3) is 5.06. The van der Waals surface area contributed by atoms with Crippen molar-refractivity contribution in [3.63, 3.8) is 0 Å². The van der Waals surface area contributed by atoms with Crippen molar-refractivity contribution in [3.8, 4) is 11.8 Å². The molecular formula is C20H26N4O5S. The third-order valence-corrected chi connectivity index (χ3v) is 6.88. The zero-order valence-electron chi connectivity index (χ0n) is 17.3. The predicted octanol–water partition coefficient (Wildman–Crippen LogP) is 2.37. The molecule has 0 saturated carbocycles. The van der Waals surface area contributed by atoms with Crippen molar-refractivity contribution in [2.24, 2.45) is 0 Å². The van der Waals surface area contributed by atoms with Crippen molar-refractivity contribution in [3.05, 3.63) is 35.9 Å². The molecule has 2 aromatic rings. The summed E-state index contributed by atoms with van der Waals surface area (Å²) >= 11 is 0. The summed E-state index contributed by atoms with van der Waals surface area (Å²) in [5, 5.41) is 10.6. The molecule has 1 unspecified atom stereocenters. The molecule has 10 heteroatoms. The lowest BCUT2D eigenvalue weighted by atomic mass is 10.1. The van der Waals surface area contributed by atoms with Gasteiger partial charge in [-0.1, -0.05) is 6.92 Å². The smallest absolute Gasteiger partial charge is 0.243 e. The minimum atomic E-state index is -3.69. The van der Waals surface area contributed by atoms with Crippen LogP contribution in [0.2, 0.25) is 0 Å². The van der Waals surface area contributed by atoms with E-state index in [4.69, 9.17) is 9.47 Å². The highest BCUT2D eigenvalue weighted by atomic mass is 32.2. The highest BCUT2D eigenvalue weighted by Crippen LogP contribution is 2.27. The van der Waals surface area contributed by atoms with Gasteiger partial charge in [0, 0.05) is 30.8 Å². The van der Waals surface area contributed by atoms with Crippen LogP contribution in [0.25, 0.3) is 0 Å². The second-order valence-corrected chi connectivity index (χ2v) is 8.95. The molecule has 0 spiro atoms. The fourth-order valence-corrected chi connectivity index (χ4v) is 4.99. The van der Waals surface area contributed by atoms with E-state index in [9.17, 15) is 13.2 Å². The summed E-state index contributed by atoms with van der Waals surface area (Å²) < 4.78 is 38.7. The molecule has 2 heterocycles. The van der Waals surface area contributed by atoms with Crippen LogP contribution in [0.1, 0.15) is 31.7 Å². The summed E-state index contributed by atoms with van der Waals surface area (Å²) in [6.07, 6.45) is 1.43. The topological polar surface area (TPSA) is 111 Å². The molecule has 1 aromatic heterocycles. The fourth-order valence-electron chi connectivity index (χ4n) is 3.27. The van der Waals surface area contributed by atoms with Gasteiger partial charge in [-0.15, -0.1) is 10.2 Å². The number of hydrogen-bond donors (Lipinski definition) is 1. The lowest BCUT2D eigenvalue weighted by Gasteiger charge is -2.32. The van der Waals surface area contributed by atoms with Gasteiger partial charge >= 0.3 is 0 Å².